The first-order valence-electron chi connectivity index (χ1n) is 5.37. The van der Waals surface area contributed by atoms with Crippen molar-refractivity contribution in [3.05, 3.63) is 66.0 Å². The second-order valence-corrected chi connectivity index (χ2v) is 3.61. The predicted molar refractivity (Wildman–Crippen MR) is 68.9 cm³/mol. The standard InChI is InChI=1S/C14H18N2/c1-3-4-5-7-12(2)10-14(15)13-8-6-9-16-11-13/h3-11,14H,15H2,1-2H3/b4-3-,7-5-,12-10-. The van der Waals surface area contributed by atoms with Crippen molar-refractivity contribution in [1.82, 2.24) is 4.98 Å². The maximum atomic E-state index is 6.03. The normalized spacial score (nSPS) is 14.8. The molecule has 1 aromatic rings. The molecule has 0 amide bonds. The highest BCUT2D eigenvalue weighted by molar-refractivity contribution is 5.26. The zero-order valence-corrected chi connectivity index (χ0v) is 9.80. The molecule has 0 saturated carbocycles. The molecular formula is C14H18N2. The topological polar surface area (TPSA) is 38.9 Å². The van der Waals surface area contributed by atoms with Crippen LogP contribution in [0.5, 0.6) is 0 Å². The van der Waals surface area contributed by atoms with Gasteiger partial charge in [0.1, 0.15) is 0 Å². The van der Waals surface area contributed by atoms with E-state index in [1.165, 1.54) is 0 Å². The van der Waals surface area contributed by atoms with Crippen molar-refractivity contribution in [3.63, 3.8) is 0 Å². The Morgan fingerprint density at radius 2 is 2.25 bits per heavy atom. The van der Waals surface area contributed by atoms with Crippen LogP contribution in [-0.2, 0) is 0 Å². The maximum absolute atomic E-state index is 6.03. The predicted octanol–water partition coefficient (Wildman–Crippen LogP) is 3.16. The van der Waals surface area contributed by atoms with Crippen molar-refractivity contribution < 1.29 is 0 Å². The van der Waals surface area contributed by atoms with Gasteiger partial charge in [0.25, 0.3) is 0 Å². The molecule has 0 aromatic carbocycles. The third kappa shape index (κ3) is 4.24. The molecule has 2 N–H and O–H groups in total. The summed E-state index contributed by atoms with van der Waals surface area (Å²) in [5.41, 5.74) is 8.21. The first-order valence-corrected chi connectivity index (χ1v) is 5.37. The van der Waals surface area contributed by atoms with Gasteiger partial charge in [-0.25, -0.2) is 0 Å². The number of hydrogen-bond acceptors (Lipinski definition) is 2. The van der Waals surface area contributed by atoms with Crippen LogP contribution in [0.3, 0.4) is 0 Å². The summed E-state index contributed by atoms with van der Waals surface area (Å²) in [5, 5.41) is 0. The van der Waals surface area contributed by atoms with E-state index in [2.05, 4.69) is 4.98 Å². The van der Waals surface area contributed by atoms with Gasteiger partial charge in [0.05, 0.1) is 6.04 Å². The largest absolute Gasteiger partial charge is 0.321 e. The average Bonchev–Trinajstić information content (AvgIpc) is 2.30. The highest BCUT2D eigenvalue weighted by Gasteiger charge is 2.00. The SMILES string of the molecule is C\C=C/C=C\C(C)=C/C(N)c1cccnc1. The van der Waals surface area contributed by atoms with Gasteiger partial charge >= 0.3 is 0 Å². The fraction of sp³-hybridized carbons (Fsp3) is 0.214. The van der Waals surface area contributed by atoms with E-state index in [0.29, 0.717) is 0 Å². The first-order chi connectivity index (χ1) is 7.74. The summed E-state index contributed by atoms with van der Waals surface area (Å²) in [4.78, 5) is 4.05. The summed E-state index contributed by atoms with van der Waals surface area (Å²) in [7, 11) is 0. The van der Waals surface area contributed by atoms with E-state index in [1.807, 2.05) is 56.4 Å². The Morgan fingerprint density at radius 3 is 2.88 bits per heavy atom. The molecule has 1 aromatic heterocycles. The van der Waals surface area contributed by atoms with Crippen LogP contribution in [0.15, 0.2) is 60.5 Å². The molecule has 1 heterocycles. The highest BCUT2D eigenvalue weighted by atomic mass is 14.7. The Hall–Kier alpha value is -1.67. The van der Waals surface area contributed by atoms with Gasteiger partial charge in [0.15, 0.2) is 0 Å². The van der Waals surface area contributed by atoms with Gasteiger partial charge < -0.3 is 5.73 Å². The number of allylic oxidation sites excluding steroid dienone is 5. The van der Waals surface area contributed by atoms with Crippen LogP contribution in [0.2, 0.25) is 0 Å². The van der Waals surface area contributed by atoms with Gasteiger partial charge in [-0.05, 0) is 25.5 Å². The van der Waals surface area contributed by atoms with Gasteiger partial charge in [-0.15, -0.1) is 0 Å². The third-order valence-electron chi connectivity index (χ3n) is 2.17. The average molecular weight is 214 g/mol. The molecule has 84 valence electrons. The lowest BCUT2D eigenvalue weighted by Crippen LogP contribution is -2.07. The quantitative estimate of drug-likeness (QED) is 0.782. The molecule has 1 rings (SSSR count). The molecule has 0 aliphatic rings. The fourth-order valence-electron chi connectivity index (χ4n) is 1.33. The van der Waals surface area contributed by atoms with E-state index in [0.717, 1.165) is 11.1 Å². The van der Waals surface area contributed by atoms with Crippen LogP contribution in [-0.4, -0.2) is 4.98 Å². The molecule has 0 fully saturated rings. The number of rotatable bonds is 4. The summed E-state index contributed by atoms with van der Waals surface area (Å²) in [6.45, 7) is 4.03. The van der Waals surface area contributed by atoms with Crippen LogP contribution in [0.1, 0.15) is 25.5 Å². The molecule has 0 spiro atoms. The van der Waals surface area contributed by atoms with E-state index in [4.69, 9.17) is 5.73 Å². The van der Waals surface area contributed by atoms with Crippen molar-refractivity contribution >= 4 is 0 Å². The van der Waals surface area contributed by atoms with E-state index in [-0.39, 0.29) is 6.04 Å². The zero-order valence-electron chi connectivity index (χ0n) is 9.80. The molecule has 0 bridgehead atoms. The first kappa shape index (κ1) is 12.4. The summed E-state index contributed by atoms with van der Waals surface area (Å²) >= 11 is 0. The Labute approximate surface area is 97.2 Å². The minimum atomic E-state index is -0.0936. The summed E-state index contributed by atoms with van der Waals surface area (Å²) < 4.78 is 0. The number of nitrogens with zero attached hydrogens (tertiary/aromatic N) is 1. The lowest BCUT2D eigenvalue weighted by Gasteiger charge is -2.06. The van der Waals surface area contributed by atoms with Gasteiger partial charge in [0, 0.05) is 12.4 Å². The van der Waals surface area contributed by atoms with E-state index >= 15 is 0 Å². The van der Waals surface area contributed by atoms with Crippen LogP contribution in [0.4, 0.5) is 0 Å². The number of pyridine rings is 1. The van der Waals surface area contributed by atoms with Crippen molar-refractivity contribution in [2.45, 2.75) is 19.9 Å². The number of aromatic nitrogens is 1. The zero-order chi connectivity index (χ0) is 11.8. The Balaban J connectivity index is 2.69. The molecule has 0 radical (unpaired) electrons. The molecule has 1 atom stereocenters. The second kappa shape index (κ2) is 6.75. The third-order valence-corrected chi connectivity index (χ3v) is 2.17. The summed E-state index contributed by atoms with van der Waals surface area (Å²) in [6, 6.07) is 3.79. The molecule has 0 aliphatic heterocycles. The smallest absolute Gasteiger partial charge is 0.0502 e. The molecule has 16 heavy (non-hydrogen) atoms. The molecular weight excluding hydrogens is 196 g/mol. The van der Waals surface area contributed by atoms with Gasteiger partial charge in [-0.2, -0.15) is 0 Å². The van der Waals surface area contributed by atoms with Crippen LogP contribution >= 0.6 is 0 Å². The molecule has 0 aliphatic carbocycles. The van der Waals surface area contributed by atoms with Gasteiger partial charge in [-0.1, -0.05) is 42.0 Å². The van der Waals surface area contributed by atoms with E-state index in [1.54, 1.807) is 12.4 Å². The highest BCUT2D eigenvalue weighted by Crippen LogP contribution is 2.12. The minimum Gasteiger partial charge on any atom is -0.321 e. The van der Waals surface area contributed by atoms with E-state index in [9.17, 15) is 0 Å². The van der Waals surface area contributed by atoms with Crippen LogP contribution in [0.25, 0.3) is 0 Å². The lowest BCUT2D eigenvalue weighted by atomic mass is 10.1. The van der Waals surface area contributed by atoms with Crippen molar-refractivity contribution in [2.24, 2.45) is 5.73 Å². The van der Waals surface area contributed by atoms with Gasteiger partial charge in [0.2, 0.25) is 0 Å². The molecule has 1 unspecified atom stereocenters. The van der Waals surface area contributed by atoms with Crippen molar-refractivity contribution in [1.29, 1.82) is 0 Å². The lowest BCUT2D eigenvalue weighted by molar-refractivity contribution is 0.894. The Morgan fingerprint density at radius 1 is 1.44 bits per heavy atom. The monoisotopic (exact) mass is 214 g/mol. The summed E-state index contributed by atoms with van der Waals surface area (Å²) in [5.74, 6) is 0. The summed E-state index contributed by atoms with van der Waals surface area (Å²) in [6.07, 6.45) is 13.6. The van der Waals surface area contributed by atoms with Crippen molar-refractivity contribution in [3.8, 4) is 0 Å². The van der Waals surface area contributed by atoms with E-state index < -0.39 is 0 Å². The van der Waals surface area contributed by atoms with Crippen LogP contribution < -0.4 is 5.73 Å². The minimum absolute atomic E-state index is 0.0936. The second-order valence-electron chi connectivity index (χ2n) is 3.61. The molecule has 0 saturated heterocycles. The fourth-order valence-corrected chi connectivity index (χ4v) is 1.33. The van der Waals surface area contributed by atoms with Gasteiger partial charge in [-0.3, -0.25) is 4.98 Å². The molecule has 2 heteroatoms. The maximum Gasteiger partial charge on any atom is 0.0502 e. The number of nitrogens with two attached hydrogens (primary N) is 1. The Bertz CT molecular complexity index is 388. The Kier molecular flexibility index (Phi) is 5.23. The number of hydrogen-bond donors (Lipinski definition) is 1. The van der Waals surface area contributed by atoms with Crippen molar-refractivity contribution in [2.75, 3.05) is 0 Å². The molecule has 2 nitrogen and oxygen atoms in total. The van der Waals surface area contributed by atoms with Crippen LogP contribution in [0, 0.1) is 0 Å².